The monoisotopic (exact) mass is 255 g/mol. The molecule has 0 atom stereocenters. The van der Waals surface area contributed by atoms with Crippen molar-refractivity contribution in [2.24, 2.45) is 0 Å². The van der Waals surface area contributed by atoms with Crippen LogP contribution >= 0.6 is 0 Å². The lowest BCUT2D eigenvalue weighted by Crippen LogP contribution is -1.95. The van der Waals surface area contributed by atoms with E-state index in [-0.39, 0.29) is 0 Å². The van der Waals surface area contributed by atoms with Crippen LogP contribution in [-0.4, -0.2) is 31.8 Å². The van der Waals surface area contributed by atoms with Crippen LogP contribution in [0.5, 0.6) is 5.88 Å². The van der Waals surface area contributed by atoms with Crippen LogP contribution in [0.15, 0.2) is 30.9 Å². The van der Waals surface area contributed by atoms with Gasteiger partial charge in [-0.15, -0.1) is 5.10 Å². The average molecular weight is 255 g/mol. The van der Waals surface area contributed by atoms with Gasteiger partial charge in [-0.3, -0.25) is 0 Å². The first-order valence-electron chi connectivity index (χ1n) is 6.00. The zero-order chi connectivity index (χ0) is 13.2. The Labute approximate surface area is 110 Å². The number of aryl methyl sites for hydroxylation is 1. The Balaban J connectivity index is 2.21. The predicted molar refractivity (Wildman–Crippen MR) is 70.8 cm³/mol. The van der Waals surface area contributed by atoms with Crippen molar-refractivity contribution >= 4 is 11.2 Å². The van der Waals surface area contributed by atoms with Crippen molar-refractivity contribution in [2.75, 3.05) is 7.11 Å². The van der Waals surface area contributed by atoms with Crippen LogP contribution in [0.2, 0.25) is 0 Å². The van der Waals surface area contributed by atoms with Gasteiger partial charge in [0.05, 0.1) is 19.6 Å². The first kappa shape index (κ1) is 11.6. The van der Waals surface area contributed by atoms with Crippen molar-refractivity contribution in [1.29, 1.82) is 0 Å². The first-order chi connectivity index (χ1) is 9.33. The minimum atomic E-state index is 0.567. The third-order valence-corrected chi connectivity index (χ3v) is 3.00. The second kappa shape index (κ2) is 4.64. The summed E-state index contributed by atoms with van der Waals surface area (Å²) >= 11 is 0. The molecule has 0 aliphatic rings. The first-order valence-corrected chi connectivity index (χ1v) is 6.00. The summed E-state index contributed by atoms with van der Waals surface area (Å²) in [4.78, 5) is 8.52. The molecule has 0 radical (unpaired) electrons. The fourth-order valence-corrected chi connectivity index (χ4v) is 2.00. The Morgan fingerprint density at radius 1 is 1.32 bits per heavy atom. The minimum absolute atomic E-state index is 0.567. The van der Waals surface area contributed by atoms with Crippen molar-refractivity contribution in [3.05, 3.63) is 30.9 Å². The van der Waals surface area contributed by atoms with Crippen molar-refractivity contribution in [3.63, 3.8) is 0 Å². The number of nitrogens with zero attached hydrogens (tertiary/aromatic N) is 5. The molecule has 6 heteroatoms. The maximum absolute atomic E-state index is 5.14. The van der Waals surface area contributed by atoms with Crippen LogP contribution in [0.3, 0.4) is 0 Å². The smallest absolute Gasteiger partial charge is 0.213 e. The lowest BCUT2D eigenvalue weighted by molar-refractivity contribution is 0.398. The van der Waals surface area contributed by atoms with Crippen LogP contribution in [0, 0.1) is 0 Å². The van der Waals surface area contributed by atoms with E-state index in [2.05, 4.69) is 20.2 Å². The summed E-state index contributed by atoms with van der Waals surface area (Å²) in [6.07, 6.45) is 5.20. The van der Waals surface area contributed by atoms with E-state index < -0.39 is 0 Å². The van der Waals surface area contributed by atoms with E-state index >= 15 is 0 Å². The van der Waals surface area contributed by atoms with E-state index in [0.29, 0.717) is 5.88 Å². The molecule has 0 saturated heterocycles. The van der Waals surface area contributed by atoms with Crippen LogP contribution in [0.4, 0.5) is 0 Å². The lowest BCUT2D eigenvalue weighted by atomic mass is 10.1. The largest absolute Gasteiger partial charge is 0.481 e. The number of rotatable bonds is 3. The predicted octanol–water partition coefficient (Wildman–Crippen LogP) is 1.92. The highest BCUT2D eigenvalue weighted by atomic mass is 16.5. The van der Waals surface area contributed by atoms with Crippen LogP contribution in [0.1, 0.15) is 6.92 Å². The second-order valence-corrected chi connectivity index (χ2v) is 4.05. The summed E-state index contributed by atoms with van der Waals surface area (Å²) in [6.45, 7) is 2.86. The van der Waals surface area contributed by atoms with Crippen LogP contribution < -0.4 is 4.74 Å². The number of hydrogen-bond acceptors (Lipinski definition) is 5. The number of ether oxygens (including phenoxy) is 1. The van der Waals surface area contributed by atoms with Gasteiger partial charge >= 0.3 is 0 Å². The molecule has 0 amide bonds. The summed E-state index contributed by atoms with van der Waals surface area (Å²) < 4.78 is 7.10. The van der Waals surface area contributed by atoms with Crippen LogP contribution in [-0.2, 0) is 6.54 Å². The van der Waals surface area contributed by atoms with Gasteiger partial charge in [-0.2, -0.15) is 5.10 Å². The topological polar surface area (TPSA) is 65.7 Å². The molecule has 0 spiro atoms. The third kappa shape index (κ3) is 1.91. The minimum Gasteiger partial charge on any atom is -0.481 e. The lowest BCUT2D eigenvalue weighted by Gasteiger charge is -2.04. The molecule has 0 fully saturated rings. The van der Waals surface area contributed by atoms with E-state index in [0.717, 1.165) is 28.8 Å². The third-order valence-electron chi connectivity index (χ3n) is 3.00. The Kier molecular flexibility index (Phi) is 2.83. The number of fused-ring (bicyclic) bond motifs is 1. The number of methoxy groups -OCH3 is 1. The number of imidazole rings is 1. The SMILES string of the molecule is CCn1cnc2c(-c3ccnc(OC)c3)cnnc21. The molecule has 0 unspecified atom stereocenters. The fourth-order valence-electron chi connectivity index (χ4n) is 2.00. The molecule has 0 aliphatic heterocycles. The van der Waals surface area contributed by atoms with Crippen molar-refractivity contribution in [3.8, 4) is 17.0 Å². The van der Waals surface area contributed by atoms with Gasteiger partial charge in [-0.25, -0.2) is 9.97 Å². The van der Waals surface area contributed by atoms with Gasteiger partial charge < -0.3 is 9.30 Å². The molecule has 0 bridgehead atoms. The van der Waals surface area contributed by atoms with Gasteiger partial charge in [0.1, 0.15) is 5.52 Å². The molecule has 96 valence electrons. The van der Waals surface area contributed by atoms with E-state index in [4.69, 9.17) is 4.74 Å². The quantitative estimate of drug-likeness (QED) is 0.715. The van der Waals surface area contributed by atoms with Gasteiger partial charge in [0, 0.05) is 24.4 Å². The van der Waals surface area contributed by atoms with Crippen LogP contribution in [0.25, 0.3) is 22.3 Å². The molecule has 0 aromatic carbocycles. The summed E-state index contributed by atoms with van der Waals surface area (Å²) in [7, 11) is 1.60. The highest BCUT2D eigenvalue weighted by Crippen LogP contribution is 2.26. The molecular weight excluding hydrogens is 242 g/mol. The summed E-state index contributed by atoms with van der Waals surface area (Å²) in [5, 5.41) is 8.20. The van der Waals surface area contributed by atoms with Gasteiger partial charge in [0.25, 0.3) is 0 Å². The molecule has 3 aromatic heterocycles. The molecule has 19 heavy (non-hydrogen) atoms. The molecule has 0 saturated carbocycles. The maximum Gasteiger partial charge on any atom is 0.213 e. The van der Waals surface area contributed by atoms with Gasteiger partial charge in [0.2, 0.25) is 5.88 Å². The van der Waals surface area contributed by atoms with Gasteiger partial charge in [-0.05, 0) is 18.6 Å². The molecule has 3 rings (SSSR count). The van der Waals surface area contributed by atoms with Crippen molar-refractivity contribution in [2.45, 2.75) is 13.5 Å². The average Bonchev–Trinajstić information content (AvgIpc) is 2.90. The zero-order valence-corrected chi connectivity index (χ0v) is 10.7. The Hall–Kier alpha value is -2.50. The molecule has 3 heterocycles. The maximum atomic E-state index is 5.14. The normalized spacial score (nSPS) is 10.8. The molecule has 3 aromatic rings. The van der Waals surface area contributed by atoms with Crippen molar-refractivity contribution < 1.29 is 4.74 Å². The molecular formula is C13H13N5O. The Morgan fingerprint density at radius 2 is 2.21 bits per heavy atom. The second-order valence-electron chi connectivity index (χ2n) is 4.05. The molecule has 0 N–H and O–H groups in total. The summed E-state index contributed by atoms with van der Waals surface area (Å²) in [5.41, 5.74) is 3.52. The highest BCUT2D eigenvalue weighted by molar-refractivity contribution is 5.89. The molecule has 0 aliphatic carbocycles. The standard InChI is InChI=1S/C13H13N5O/c1-3-18-8-15-12-10(7-16-17-13(12)18)9-4-5-14-11(6-9)19-2/h4-8H,3H2,1-2H3. The Morgan fingerprint density at radius 3 is 3.00 bits per heavy atom. The van der Waals surface area contributed by atoms with Gasteiger partial charge in [0.15, 0.2) is 5.65 Å². The van der Waals surface area contributed by atoms with E-state index in [1.54, 1.807) is 25.8 Å². The van der Waals surface area contributed by atoms with E-state index in [1.165, 1.54) is 0 Å². The summed E-state index contributed by atoms with van der Waals surface area (Å²) in [5.74, 6) is 0.567. The van der Waals surface area contributed by atoms with Gasteiger partial charge in [-0.1, -0.05) is 0 Å². The fraction of sp³-hybridized carbons (Fsp3) is 0.231. The molecule has 6 nitrogen and oxygen atoms in total. The van der Waals surface area contributed by atoms with E-state index in [9.17, 15) is 0 Å². The number of hydrogen-bond donors (Lipinski definition) is 0. The number of pyridine rings is 1. The number of aromatic nitrogens is 5. The van der Waals surface area contributed by atoms with E-state index in [1.807, 2.05) is 23.6 Å². The van der Waals surface area contributed by atoms with Crippen molar-refractivity contribution in [1.82, 2.24) is 24.7 Å². The summed E-state index contributed by atoms with van der Waals surface area (Å²) in [6, 6.07) is 3.77. The Bertz CT molecular complexity index is 722. The zero-order valence-electron chi connectivity index (χ0n) is 10.7. The highest BCUT2D eigenvalue weighted by Gasteiger charge is 2.11.